The molecule has 1 N–H and O–H groups in total. The Kier molecular flexibility index (Phi) is 7.41. The third-order valence-corrected chi connectivity index (χ3v) is 6.94. The summed E-state index contributed by atoms with van der Waals surface area (Å²) in [5.74, 6) is 0.116. The van der Waals surface area contributed by atoms with Crippen molar-refractivity contribution in [3.8, 4) is 0 Å². The smallest absolute Gasteiger partial charge is 0.251 e. The van der Waals surface area contributed by atoms with Gasteiger partial charge in [0.05, 0.1) is 5.41 Å². The molecule has 5 heteroatoms. The number of amides is 2. The summed E-state index contributed by atoms with van der Waals surface area (Å²) in [7, 11) is 0. The fourth-order valence-electron chi connectivity index (χ4n) is 4.96. The van der Waals surface area contributed by atoms with Crippen molar-refractivity contribution in [3.05, 3.63) is 83.9 Å². The monoisotopic (exact) mass is 456 g/mol. The molecule has 0 radical (unpaired) electrons. The molecule has 1 fully saturated rings. The number of benzene rings is 3. The molecule has 1 saturated heterocycles. The lowest BCUT2D eigenvalue weighted by Crippen LogP contribution is -2.49. The fraction of sp³-hybridized carbons (Fsp3) is 0.345. The van der Waals surface area contributed by atoms with Gasteiger partial charge >= 0.3 is 0 Å². The minimum absolute atomic E-state index is 0.0170. The lowest BCUT2D eigenvalue weighted by molar-refractivity contribution is -0.136. The van der Waals surface area contributed by atoms with Crippen LogP contribution in [0, 0.1) is 0 Å². The Morgan fingerprint density at radius 1 is 0.853 bits per heavy atom. The van der Waals surface area contributed by atoms with Crippen LogP contribution in [0.3, 0.4) is 0 Å². The van der Waals surface area contributed by atoms with Gasteiger partial charge in [-0.1, -0.05) is 67.6 Å². The van der Waals surface area contributed by atoms with E-state index < -0.39 is 5.41 Å². The van der Waals surface area contributed by atoms with Crippen LogP contribution in [0.4, 0.5) is 0 Å². The lowest BCUT2D eigenvalue weighted by Gasteiger charge is -2.41. The molecule has 1 aliphatic rings. The van der Waals surface area contributed by atoms with Crippen LogP contribution in [-0.4, -0.2) is 42.1 Å². The molecule has 2 amide bonds. The van der Waals surface area contributed by atoms with E-state index in [9.17, 15) is 14.4 Å². The first kappa shape index (κ1) is 23.7. The van der Waals surface area contributed by atoms with Crippen LogP contribution in [0.25, 0.3) is 10.8 Å². The molecule has 0 unspecified atom stereocenters. The second-order valence-corrected chi connectivity index (χ2v) is 9.07. The summed E-state index contributed by atoms with van der Waals surface area (Å²) < 4.78 is 0. The van der Waals surface area contributed by atoms with Gasteiger partial charge in [-0.2, -0.15) is 0 Å². The third-order valence-electron chi connectivity index (χ3n) is 6.94. The highest BCUT2D eigenvalue weighted by atomic mass is 16.2. The normalized spacial score (nSPS) is 15.1. The average molecular weight is 457 g/mol. The number of carbonyl (C=O) groups excluding carboxylic acids is 3. The molecule has 5 nitrogen and oxygen atoms in total. The number of nitrogens with one attached hydrogen (secondary N) is 1. The first-order chi connectivity index (χ1) is 16.5. The van der Waals surface area contributed by atoms with E-state index in [-0.39, 0.29) is 24.0 Å². The Morgan fingerprint density at radius 3 is 2.24 bits per heavy atom. The number of Topliss-reactive ketones (excluding diaryl/α,β-unsaturated/α-hetero) is 1. The minimum atomic E-state index is -0.502. The van der Waals surface area contributed by atoms with E-state index in [4.69, 9.17) is 0 Å². The lowest BCUT2D eigenvalue weighted by atomic mass is 9.68. The van der Waals surface area contributed by atoms with Gasteiger partial charge in [0, 0.05) is 38.0 Å². The molecular formula is C29H32N2O3. The molecule has 4 rings (SSSR count). The molecule has 1 aliphatic heterocycles. The van der Waals surface area contributed by atoms with Gasteiger partial charge in [0.25, 0.3) is 5.91 Å². The standard InChI is InChI=1S/C29H32N2O3/c1-2-8-26(32)29(25-11-4-3-5-12-25)16-19-31(20-17-29)27(33)15-18-30-28(34)24-14-13-22-9-6-7-10-23(22)21-24/h3-7,9-14,21H,2,8,15-20H2,1H3,(H,30,34). The molecule has 176 valence electrons. The Bertz CT molecular complexity index is 1160. The van der Waals surface area contributed by atoms with Crippen molar-refractivity contribution < 1.29 is 14.4 Å². The largest absolute Gasteiger partial charge is 0.352 e. The molecule has 0 aromatic heterocycles. The molecule has 0 spiro atoms. The number of hydrogen-bond acceptors (Lipinski definition) is 3. The van der Waals surface area contributed by atoms with Crippen LogP contribution < -0.4 is 5.32 Å². The van der Waals surface area contributed by atoms with Gasteiger partial charge in [-0.05, 0) is 47.7 Å². The van der Waals surface area contributed by atoms with Gasteiger partial charge in [-0.15, -0.1) is 0 Å². The van der Waals surface area contributed by atoms with Crippen LogP contribution in [-0.2, 0) is 15.0 Å². The number of piperidine rings is 1. The number of ketones is 1. The number of nitrogens with zero attached hydrogens (tertiary/aromatic N) is 1. The molecular weight excluding hydrogens is 424 g/mol. The fourth-order valence-corrected chi connectivity index (χ4v) is 4.96. The van der Waals surface area contributed by atoms with Crippen molar-refractivity contribution >= 4 is 28.4 Å². The zero-order chi connectivity index (χ0) is 24.0. The van der Waals surface area contributed by atoms with Gasteiger partial charge < -0.3 is 10.2 Å². The first-order valence-corrected chi connectivity index (χ1v) is 12.2. The Balaban J connectivity index is 1.32. The minimum Gasteiger partial charge on any atom is -0.352 e. The number of rotatable bonds is 8. The van der Waals surface area contributed by atoms with Crippen molar-refractivity contribution in [1.29, 1.82) is 0 Å². The summed E-state index contributed by atoms with van der Waals surface area (Å²) in [5, 5.41) is 4.97. The predicted octanol–water partition coefficient (Wildman–Crippen LogP) is 4.89. The maximum absolute atomic E-state index is 13.1. The van der Waals surface area contributed by atoms with Crippen LogP contribution in [0.15, 0.2) is 72.8 Å². The second kappa shape index (κ2) is 10.6. The summed E-state index contributed by atoms with van der Waals surface area (Å²) >= 11 is 0. The van der Waals surface area contributed by atoms with Crippen molar-refractivity contribution in [2.75, 3.05) is 19.6 Å². The van der Waals surface area contributed by atoms with Gasteiger partial charge in [0.1, 0.15) is 5.78 Å². The third kappa shape index (κ3) is 5.04. The van der Waals surface area contributed by atoms with E-state index in [1.54, 1.807) is 6.07 Å². The van der Waals surface area contributed by atoms with Crippen molar-refractivity contribution in [1.82, 2.24) is 10.2 Å². The number of carbonyl (C=O) groups is 3. The Hall–Kier alpha value is -3.47. The maximum atomic E-state index is 13.1. The zero-order valence-corrected chi connectivity index (χ0v) is 19.8. The van der Waals surface area contributed by atoms with Gasteiger partial charge in [-0.25, -0.2) is 0 Å². The molecule has 0 aliphatic carbocycles. The quantitative estimate of drug-likeness (QED) is 0.525. The molecule has 0 bridgehead atoms. The van der Waals surface area contributed by atoms with Crippen LogP contribution in [0.1, 0.15) is 54.9 Å². The maximum Gasteiger partial charge on any atom is 0.251 e. The SMILES string of the molecule is CCCC(=O)C1(c2ccccc2)CCN(C(=O)CCNC(=O)c2ccc3ccccc3c2)CC1. The molecule has 0 saturated carbocycles. The zero-order valence-electron chi connectivity index (χ0n) is 19.8. The van der Waals surface area contributed by atoms with E-state index >= 15 is 0 Å². The van der Waals surface area contributed by atoms with Crippen LogP contribution in [0.5, 0.6) is 0 Å². The summed E-state index contributed by atoms with van der Waals surface area (Å²) in [6, 6.07) is 23.5. The molecule has 0 atom stereocenters. The van der Waals surface area contributed by atoms with E-state index in [1.807, 2.05) is 78.6 Å². The van der Waals surface area contributed by atoms with E-state index in [0.717, 1.165) is 22.8 Å². The predicted molar refractivity (Wildman–Crippen MR) is 135 cm³/mol. The Labute approximate surface area is 201 Å². The number of hydrogen-bond donors (Lipinski definition) is 1. The topological polar surface area (TPSA) is 66.5 Å². The molecule has 1 heterocycles. The number of likely N-dealkylation sites (tertiary alicyclic amines) is 1. The van der Waals surface area contributed by atoms with E-state index in [2.05, 4.69) is 5.32 Å². The summed E-state index contributed by atoms with van der Waals surface area (Å²) in [6.07, 6.45) is 2.92. The van der Waals surface area contributed by atoms with Crippen molar-refractivity contribution in [3.63, 3.8) is 0 Å². The van der Waals surface area contributed by atoms with Crippen molar-refractivity contribution in [2.24, 2.45) is 0 Å². The highest BCUT2D eigenvalue weighted by Gasteiger charge is 2.42. The Morgan fingerprint density at radius 2 is 1.53 bits per heavy atom. The van der Waals surface area contributed by atoms with Crippen LogP contribution >= 0.6 is 0 Å². The van der Waals surface area contributed by atoms with E-state index in [0.29, 0.717) is 44.5 Å². The number of fused-ring (bicyclic) bond motifs is 1. The summed E-state index contributed by atoms with van der Waals surface area (Å²) in [5.41, 5.74) is 1.15. The second-order valence-electron chi connectivity index (χ2n) is 9.07. The highest BCUT2D eigenvalue weighted by Crippen LogP contribution is 2.38. The van der Waals surface area contributed by atoms with Gasteiger partial charge in [0.2, 0.25) is 5.91 Å². The highest BCUT2D eigenvalue weighted by molar-refractivity contribution is 5.98. The van der Waals surface area contributed by atoms with E-state index in [1.165, 1.54) is 0 Å². The van der Waals surface area contributed by atoms with Crippen molar-refractivity contribution in [2.45, 2.75) is 44.4 Å². The molecule has 34 heavy (non-hydrogen) atoms. The molecule has 3 aromatic rings. The summed E-state index contributed by atoms with van der Waals surface area (Å²) in [4.78, 5) is 40.3. The van der Waals surface area contributed by atoms with Gasteiger partial charge in [0.15, 0.2) is 0 Å². The first-order valence-electron chi connectivity index (χ1n) is 12.2. The average Bonchev–Trinajstić information content (AvgIpc) is 2.89. The molecule has 3 aromatic carbocycles. The van der Waals surface area contributed by atoms with Crippen LogP contribution in [0.2, 0.25) is 0 Å². The van der Waals surface area contributed by atoms with Gasteiger partial charge in [-0.3, -0.25) is 14.4 Å². The summed E-state index contributed by atoms with van der Waals surface area (Å²) in [6.45, 7) is 3.44.